The van der Waals surface area contributed by atoms with Crippen LogP contribution in [0.3, 0.4) is 0 Å². The average molecular weight is 578 g/mol. The summed E-state index contributed by atoms with van der Waals surface area (Å²) in [7, 11) is -1.58. The van der Waals surface area contributed by atoms with E-state index in [0.717, 1.165) is 17.4 Å². The van der Waals surface area contributed by atoms with E-state index in [-0.39, 0.29) is 41.9 Å². The second-order valence-corrected chi connectivity index (χ2v) is 10.6. The van der Waals surface area contributed by atoms with Gasteiger partial charge in [0, 0.05) is 26.4 Å². The van der Waals surface area contributed by atoms with Gasteiger partial charge in [-0.05, 0) is 55.2 Å². The summed E-state index contributed by atoms with van der Waals surface area (Å²) in [5.74, 6) is -0.0167. The summed E-state index contributed by atoms with van der Waals surface area (Å²) in [4.78, 5) is 4.19. The van der Waals surface area contributed by atoms with Gasteiger partial charge >= 0.3 is 0 Å². The zero-order valence-electron chi connectivity index (χ0n) is 19.2. The van der Waals surface area contributed by atoms with E-state index < -0.39 is 15.7 Å². The Balaban J connectivity index is 0.00000512. The summed E-state index contributed by atoms with van der Waals surface area (Å²) < 4.78 is 42.8. The lowest BCUT2D eigenvalue weighted by molar-refractivity contribution is -0.0149. The number of nitrogens with zero attached hydrogens (tertiary/aromatic N) is 1. The monoisotopic (exact) mass is 577 g/mol. The summed E-state index contributed by atoms with van der Waals surface area (Å²) in [6.07, 6.45) is 1.16. The van der Waals surface area contributed by atoms with E-state index in [1.54, 1.807) is 7.05 Å². The van der Waals surface area contributed by atoms with E-state index in [0.29, 0.717) is 30.2 Å². The number of rotatable bonds is 8. The number of aliphatic imine (C=N–C) groups is 1. The molecule has 0 unspecified atom stereocenters. The first-order valence-electron chi connectivity index (χ1n) is 10.1. The summed E-state index contributed by atoms with van der Waals surface area (Å²) in [6, 6.07) is 12.2. The Hall–Kier alpha value is -1.72. The Morgan fingerprint density at radius 1 is 1.03 bits per heavy atom. The molecule has 2 aromatic carbocycles. The number of halogens is 2. The highest BCUT2D eigenvalue weighted by Crippen LogP contribution is 2.15. The third-order valence-electron chi connectivity index (χ3n) is 4.38. The molecule has 0 radical (unpaired) electrons. The predicted molar refractivity (Wildman–Crippen MR) is 138 cm³/mol. The lowest BCUT2D eigenvalue weighted by Crippen LogP contribution is -2.36. The van der Waals surface area contributed by atoms with Gasteiger partial charge in [-0.2, -0.15) is 0 Å². The quantitative estimate of drug-likeness (QED) is 0.280. The zero-order chi connectivity index (χ0) is 23.1. The Morgan fingerprint density at radius 2 is 1.69 bits per heavy atom. The Bertz CT molecular complexity index is 1020. The maximum absolute atomic E-state index is 13.7. The highest BCUT2D eigenvalue weighted by atomic mass is 127. The van der Waals surface area contributed by atoms with Gasteiger partial charge in [-0.3, -0.25) is 4.99 Å². The van der Waals surface area contributed by atoms with Crippen LogP contribution in [-0.2, 0) is 40.0 Å². The molecule has 178 valence electrons. The molecular weight excluding hydrogens is 544 g/mol. The third kappa shape index (κ3) is 10.7. The molecule has 0 fully saturated rings. The van der Waals surface area contributed by atoms with Gasteiger partial charge in [-0.25, -0.2) is 12.8 Å². The van der Waals surface area contributed by atoms with Crippen LogP contribution in [0.2, 0.25) is 0 Å². The molecule has 0 atom stereocenters. The Kier molecular flexibility index (Phi) is 11.1. The molecule has 2 rings (SSSR count). The van der Waals surface area contributed by atoms with Crippen LogP contribution in [0.1, 0.15) is 43.0 Å². The van der Waals surface area contributed by atoms with Crippen molar-refractivity contribution in [2.75, 3.05) is 13.3 Å². The molecule has 6 nitrogen and oxygen atoms in total. The van der Waals surface area contributed by atoms with E-state index in [9.17, 15) is 12.8 Å². The van der Waals surface area contributed by atoms with Gasteiger partial charge in [0.05, 0.1) is 18.0 Å². The van der Waals surface area contributed by atoms with Crippen molar-refractivity contribution in [3.63, 3.8) is 0 Å². The normalized spacial score (nSPS) is 12.2. The van der Waals surface area contributed by atoms with Gasteiger partial charge in [0.25, 0.3) is 0 Å². The molecule has 0 amide bonds. The van der Waals surface area contributed by atoms with E-state index in [2.05, 4.69) is 21.7 Å². The van der Waals surface area contributed by atoms with E-state index >= 15 is 0 Å². The first-order valence-corrected chi connectivity index (χ1v) is 12.1. The molecule has 0 aliphatic carbocycles. The molecule has 0 heterocycles. The highest BCUT2D eigenvalue weighted by Gasteiger charge is 2.12. The highest BCUT2D eigenvalue weighted by molar-refractivity contribution is 14.0. The molecule has 0 aliphatic rings. The smallest absolute Gasteiger partial charge is 0.191 e. The van der Waals surface area contributed by atoms with Gasteiger partial charge in [-0.15, -0.1) is 24.0 Å². The van der Waals surface area contributed by atoms with Gasteiger partial charge in [-0.1, -0.05) is 30.3 Å². The summed E-state index contributed by atoms with van der Waals surface area (Å²) >= 11 is 0. The van der Waals surface area contributed by atoms with Crippen molar-refractivity contribution in [1.29, 1.82) is 0 Å². The van der Waals surface area contributed by atoms with Crippen molar-refractivity contribution < 1.29 is 17.5 Å². The lowest BCUT2D eigenvalue weighted by Gasteiger charge is -2.20. The second-order valence-electron chi connectivity index (χ2n) is 8.48. The summed E-state index contributed by atoms with van der Waals surface area (Å²) in [5.41, 5.74) is 3.10. The molecule has 2 N–H and O–H groups in total. The lowest BCUT2D eigenvalue weighted by atomic mass is 10.1. The molecular formula is C23H33FIN3O3S. The minimum atomic E-state index is -3.23. The molecule has 2 aromatic rings. The van der Waals surface area contributed by atoms with Crippen molar-refractivity contribution in [1.82, 2.24) is 10.6 Å². The minimum Gasteiger partial charge on any atom is -0.371 e. The molecule has 0 bridgehead atoms. The molecule has 0 spiro atoms. The largest absolute Gasteiger partial charge is 0.371 e. The van der Waals surface area contributed by atoms with E-state index in [4.69, 9.17) is 4.74 Å². The van der Waals surface area contributed by atoms with Crippen molar-refractivity contribution in [2.24, 2.45) is 4.99 Å². The van der Waals surface area contributed by atoms with Crippen LogP contribution >= 0.6 is 24.0 Å². The fraction of sp³-hybridized carbons (Fsp3) is 0.435. The fourth-order valence-electron chi connectivity index (χ4n) is 2.90. The van der Waals surface area contributed by atoms with Crippen LogP contribution in [0.4, 0.5) is 4.39 Å². The zero-order valence-corrected chi connectivity index (χ0v) is 22.4. The van der Waals surface area contributed by atoms with Gasteiger partial charge in [0.2, 0.25) is 0 Å². The van der Waals surface area contributed by atoms with Gasteiger partial charge in [0.1, 0.15) is 5.82 Å². The van der Waals surface area contributed by atoms with Crippen LogP contribution in [0.5, 0.6) is 0 Å². The van der Waals surface area contributed by atoms with E-state index in [1.807, 2.05) is 39.0 Å². The SMILES string of the molecule is CN=C(NCc1cccc(COC(C)(C)C)c1)NCc1cc(F)ccc1CS(C)(=O)=O.I. The standard InChI is InChI=1S/C23H32FN3O3S.HI/c1-23(2,3)30-15-18-8-6-7-17(11-18)13-26-22(25-4)27-14-20-12-21(24)10-9-19(20)16-31(5,28)29;/h6-12H,13-16H2,1-5H3,(H2,25,26,27);1H. The number of benzene rings is 2. The number of ether oxygens (including phenoxy) is 1. The second kappa shape index (κ2) is 12.5. The van der Waals surface area contributed by atoms with Crippen LogP contribution in [0, 0.1) is 5.82 Å². The first-order chi connectivity index (χ1) is 14.4. The Labute approximate surface area is 208 Å². The van der Waals surface area contributed by atoms with Crippen LogP contribution in [-0.4, -0.2) is 33.3 Å². The van der Waals surface area contributed by atoms with Crippen molar-refractivity contribution in [3.8, 4) is 0 Å². The summed E-state index contributed by atoms with van der Waals surface area (Å²) in [5, 5.41) is 6.35. The summed E-state index contributed by atoms with van der Waals surface area (Å²) in [6.45, 7) is 7.40. The number of guanidine groups is 1. The maximum Gasteiger partial charge on any atom is 0.191 e. The van der Waals surface area contributed by atoms with Crippen molar-refractivity contribution in [3.05, 3.63) is 70.5 Å². The van der Waals surface area contributed by atoms with Crippen LogP contribution in [0.15, 0.2) is 47.5 Å². The molecule has 0 aromatic heterocycles. The van der Waals surface area contributed by atoms with Crippen LogP contribution in [0.25, 0.3) is 0 Å². The molecule has 0 saturated heterocycles. The molecule has 0 saturated carbocycles. The first kappa shape index (κ1) is 28.3. The maximum atomic E-state index is 13.7. The predicted octanol–water partition coefficient (Wildman–Crippen LogP) is 4.17. The molecule has 32 heavy (non-hydrogen) atoms. The minimum absolute atomic E-state index is 0. The number of hydrogen-bond donors (Lipinski definition) is 2. The molecule has 9 heteroatoms. The van der Waals surface area contributed by atoms with Gasteiger partial charge in [0.15, 0.2) is 15.8 Å². The number of nitrogens with one attached hydrogen (secondary N) is 2. The van der Waals surface area contributed by atoms with E-state index in [1.165, 1.54) is 18.2 Å². The fourth-order valence-corrected chi connectivity index (χ4v) is 3.74. The average Bonchev–Trinajstić information content (AvgIpc) is 2.67. The topological polar surface area (TPSA) is 79.8 Å². The third-order valence-corrected chi connectivity index (χ3v) is 5.21. The number of sulfone groups is 1. The van der Waals surface area contributed by atoms with Gasteiger partial charge < -0.3 is 15.4 Å². The molecule has 0 aliphatic heterocycles. The van der Waals surface area contributed by atoms with Crippen molar-refractivity contribution in [2.45, 2.75) is 51.8 Å². The number of hydrogen-bond acceptors (Lipinski definition) is 4. The Morgan fingerprint density at radius 3 is 2.31 bits per heavy atom. The van der Waals surface area contributed by atoms with Crippen molar-refractivity contribution >= 4 is 39.8 Å². The van der Waals surface area contributed by atoms with Crippen LogP contribution < -0.4 is 10.6 Å².